The first-order chi connectivity index (χ1) is 6.84. The zero-order valence-electron chi connectivity index (χ0n) is 8.47. The van der Waals surface area contributed by atoms with Gasteiger partial charge in [-0.25, -0.2) is 4.58 Å². The van der Waals surface area contributed by atoms with E-state index in [0.29, 0.717) is 6.29 Å². The van der Waals surface area contributed by atoms with Gasteiger partial charge in [-0.2, -0.15) is 0 Å². The summed E-state index contributed by atoms with van der Waals surface area (Å²) >= 11 is 0. The van der Waals surface area contributed by atoms with Gasteiger partial charge < -0.3 is 4.90 Å². The van der Waals surface area contributed by atoms with E-state index < -0.39 is 0 Å². The third-order valence-corrected chi connectivity index (χ3v) is 3.41. The van der Waals surface area contributed by atoms with E-state index in [9.17, 15) is 0 Å². The van der Waals surface area contributed by atoms with Crippen LogP contribution in [0.4, 0.5) is 0 Å². The van der Waals surface area contributed by atoms with Gasteiger partial charge in [0.2, 0.25) is 0 Å². The van der Waals surface area contributed by atoms with Gasteiger partial charge in [0.25, 0.3) is 0 Å². The highest BCUT2D eigenvalue weighted by atomic mass is 15.6. The van der Waals surface area contributed by atoms with E-state index in [0.717, 1.165) is 19.6 Å². The number of hydrogen-bond donors (Lipinski definition) is 0. The molecule has 0 saturated carbocycles. The maximum absolute atomic E-state index is 3.98. The summed E-state index contributed by atoms with van der Waals surface area (Å²) in [5.74, 6) is 0. The molecule has 0 spiro atoms. The van der Waals surface area contributed by atoms with Crippen LogP contribution in [0.3, 0.4) is 0 Å². The second kappa shape index (κ2) is 3.07. The fourth-order valence-electron chi connectivity index (χ4n) is 2.62. The molecule has 0 aromatic carbocycles. The summed E-state index contributed by atoms with van der Waals surface area (Å²) in [6.45, 7) is 11.0. The lowest BCUT2D eigenvalue weighted by atomic mass is 10.4. The monoisotopic (exact) mass is 193 g/mol. The number of nitrogens with zero attached hydrogens (tertiary/aromatic N) is 4. The fraction of sp³-hybridized carbons (Fsp3) is 0.700. The minimum absolute atomic E-state index is 0.542. The van der Waals surface area contributed by atoms with Crippen LogP contribution in [0.15, 0.2) is 12.4 Å². The molecule has 3 aliphatic heterocycles. The van der Waals surface area contributed by atoms with E-state index in [-0.39, 0.29) is 0 Å². The van der Waals surface area contributed by atoms with E-state index in [1.165, 1.54) is 19.6 Å². The van der Waals surface area contributed by atoms with E-state index in [2.05, 4.69) is 33.8 Å². The van der Waals surface area contributed by atoms with Gasteiger partial charge in [-0.15, -0.1) is 0 Å². The highest BCUT2D eigenvalue weighted by Crippen LogP contribution is 2.24. The van der Waals surface area contributed by atoms with Crippen molar-refractivity contribution in [2.24, 2.45) is 0 Å². The van der Waals surface area contributed by atoms with Crippen LogP contribution in [0, 0.1) is 0 Å². The topological polar surface area (TPSA) is 12.7 Å². The Hall–Kier alpha value is -0.870. The first-order valence-corrected chi connectivity index (χ1v) is 5.34. The van der Waals surface area contributed by atoms with Crippen LogP contribution in [0.1, 0.15) is 0 Å². The van der Waals surface area contributed by atoms with Crippen molar-refractivity contribution in [1.82, 2.24) is 14.7 Å². The van der Waals surface area contributed by atoms with Gasteiger partial charge in [-0.1, -0.05) is 0 Å². The molecule has 0 bridgehead atoms. The Bertz CT molecular complexity index is 286. The molecule has 2 fully saturated rings. The third-order valence-electron chi connectivity index (χ3n) is 3.41. The molecule has 76 valence electrons. The smallest absolute Gasteiger partial charge is 0.184 e. The zero-order valence-corrected chi connectivity index (χ0v) is 8.47. The van der Waals surface area contributed by atoms with Crippen molar-refractivity contribution in [3.63, 3.8) is 0 Å². The predicted octanol–water partition coefficient (Wildman–Crippen LogP) is -0.599. The molecule has 0 aromatic rings. The summed E-state index contributed by atoms with van der Waals surface area (Å²) in [6.07, 6.45) is 4.83. The molecule has 0 aromatic heterocycles. The lowest BCUT2D eigenvalue weighted by Gasteiger charge is -2.31. The minimum Gasteiger partial charge on any atom is -0.343 e. The summed E-state index contributed by atoms with van der Waals surface area (Å²) in [5, 5.41) is 0. The standard InChI is InChI=1S/C10H17N4/c1-11-2-4-12-6-8-14-9-7-13(5-3-11)10(12)14/h2,4,10H,1,3,5-9H2/q+1. The van der Waals surface area contributed by atoms with E-state index in [4.69, 9.17) is 0 Å². The Morgan fingerprint density at radius 3 is 2.64 bits per heavy atom. The van der Waals surface area contributed by atoms with Crippen LogP contribution in [0.25, 0.3) is 0 Å². The average Bonchev–Trinajstić information content (AvgIpc) is 2.69. The molecule has 3 heterocycles. The van der Waals surface area contributed by atoms with Crippen LogP contribution >= 0.6 is 0 Å². The summed E-state index contributed by atoms with van der Waals surface area (Å²) < 4.78 is 2.02. The predicted molar refractivity (Wildman–Crippen MR) is 55.0 cm³/mol. The second-order valence-electron chi connectivity index (χ2n) is 4.27. The average molecular weight is 193 g/mol. The largest absolute Gasteiger partial charge is 0.343 e. The van der Waals surface area contributed by atoms with Gasteiger partial charge in [0.05, 0.1) is 12.7 Å². The summed E-state index contributed by atoms with van der Waals surface area (Å²) in [4.78, 5) is 7.53. The first-order valence-electron chi connectivity index (χ1n) is 5.34. The molecular formula is C10H17N4+. The summed E-state index contributed by atoms with van der Waals surface area (Å²) in [5.41, 5.74) is 0. The maximum Gasteiger partial charge on any atom is 0.184 e. The molecule has 4 nitrogen and oxygen atoms in total. The van der Waals surface area contributed by atoms with Gasteiger partial charge in [-0.3, -0.25) is 9.80 Å². The minimum atomic E-state index is 0.542. The van der Waals surface area contributed by atoms with Crippen molar-refractivity contribution in [1.29, 1.82) is 0 Å². The van der Waals surface area contributed by atoms with Gasteiger partial charge in [0.1, 0.15) is 13.0 Å². The van der Waals surface area contributed by atoms with Crippen molar-refractivity contribution in [2.75, 3.05) is 39.3 Å². The van der Waals surface area contributed by atoms with Gasteiger partial charge in [-0.05, 0) is 0 Å². The quantitative estimate of drug-likeness (QED) is 0.477. The normalized spacial score (nSPS) is 33.3. The van der Waals surface area contributed by atoms with E-state index >= 15 is 0 Å². The van der Waals surface area contributed by atoms with Gasteiger partial charge >= 0.3 is 0 Å². The molecule has 3 rings (SSSR count). The van der Waals surface area contributed by atoms with E-state index in [1.54, 1.807) is 0 Å². The van der Waals surface area contributed by atoms with Gasteiger partial charge in [0, 0.05) is 26.2 Å². The molecule has 0 radical (unpaired) electrons. The van der Waals surface area contributed by atoms with Crippen molar-refractivity contribution < 1.29 is 4.58 Å². The van der Waals surface area contributed by atoms with Crippen molar-refractivity contribution in [2.45, 2.75) is 6.29 Å². The molecule has 1 unspecified atom stereocenters. The van der Waals surface area contributed by atoms with Crippen LogP contribution < -0.4 is 0 Å². The first kappa shape index (κ1) is 8.44. The third kappa shape index (κ3) is 1.18. The molecule has 2 saturated heterocycles. The summed E-state index contributed by atoms with van der Waals surface area (Å²) in [6, 6.07) is 0. The molecule has 0 aliphatic carbocycles. The highest BCUT2D eigenvalue weighted by molar-refractivity contribution is 5.15. The highest BCUT2D eigenvalue weighted by Gasteiger charge is 2.40. The van der Waals surface area contributed by atoms with Crippen LogP contribution in [0.5, 0.6) is 0 Å². The lowest BCUT2D eigenvalue weighted by molar-refractivity contribution is -0.451. The Balaban J connectivity index is 1.89. The van der Waals surface area contributed by atoms with Crippen LogP contribution in [0.2, 0.25) is 0 Å². The van der Waals surface area contributed by atoms with Crippen molar-refractivity contribution >= 4 is 6.72 Å². The number of hydrogen-bond acceptors (Lipinski definition) is 3. The molecule has 0 N–H and O–H groups in total. The maximum atomic E-state index is 3.98. The van der Waals surface area contributed by atoms with Crippen molar-refractivity contribution in [3.8, 4) is 0 Å². The van der Waals surface area contributed by atoms with Crippen LogP contribution in [-0.2, 0) is 0 Å². The zero-order chi connectivity index (χ0) is 9.54. The molecule has 14 heavy (non-hydrogen) atoms. The molecular weight excluding hydrogens is 176 g/mol. The molecule has 1 atom stereocenters. The van der Waals surface area contributed by atoms with Crippen LogP contribution in [-0.4, -0.2) is 71.6 Å². The summed E-state index contributed by atoms with van der Waals surface area (Å²) in [7, 11) is 0. The fourth-order valence-corrected chi connectivity index (χ4v) is 2.62. The van der Waals surface area contributed by atoms with Gasteiger partial charge in [0.15, 0.2) is 12.7 Å². The Labute approximate surface area is 84.7 Å². The second-order valence-corrected chi connectivity index (χ2v) is 4.27. The molecule has 3 aliphatic rings. The number of rotatable bonds is 0. The SMILES string of the molecule is C=[N+]1C=CN2CCN3CCN(CC1)C23. The lowest BCUT2D eigenvalue weighted by Crippen LogP contribution is -2.45. The molecule has 4 heteroatoms. The van der Waals surface area contributed by atoms with Crippen molar-refractivity contribution in [3.05, 3.63) is 12.4 Å². The Kier molecular flexibility index (Phi) is 1.85. The Morgan fingerprint density at radius 2 is 1.79 bits per heavy atom. The Morgan fingerprint density at radius 1 is 1.07 bits per heavy atom. The van der Waals surface area contributed by atoms with E-state index in [1.807, 2.05) is 4.58 Å². The molecule has 0 amide bonds.